The quantitative estimate of drug-likeness (QED) is 0.923. The van der Waals surface area contributed by atoms with Crippen molar-refractivity contribution in [2.24, 2.45) is 0 Å². The highest BCUT2D eigenvalue weighted by Crippen LogP contribution is 2.26. The summed E-state index contributed by atoms with van der Waals surface area (Å²) in [7, 11) is 0. The first kappa shape index (κ1) is 17.6. The molecule has 1 fully saturated rings. The molecule has 132 valence electrons. The Balaban J connectivity index is 1.85. The summed E-state index contributed by atoms with van der Waals surface area (Å²) in [5, 5.41) is 2.91. The Morgan fingerprint density at radius 2 is 1.68 bits per heavy atom. The van der Waals surface area contributed by atoms with Gasteiger partial charge in [-0.05, 0) is 43.7 Å². The van der Waals surface area contributed by atoms with E-state index in [0.717, 1.165) is 5.56 Å². The van der Waals surface area contributed by atoms with E-state index in [2.05, 4.69) is 10.2 Å². The smallest absolute Gasteiger partial charge is 0.246 e. The zero-order valence-electron chi connectivity index (χ0n) is 14.5. The molecule has 3 rings (SSSR count). The number of carbonyl (C=O) groups is 1. The number of hydrogen-bond acceptors (Lipinski definition) is 3. The summed E-state index contributed by atoms with van der Waals surface area (Å²) in [4.78, 5) is 15.2. The lowest BCUT2D eigenvalue weighted by Gasteiger charge is -2.39. The van der Waals surface area contributed by atoms with Crippen molar-refractivity contribution in [3.8, 4) is 0 Å². The summed E-state index contributed by atoms with van der Waals surface area (Å²) in [5.41, 5.74) is 1.52. The third kappa shape index (κ3) is 4.44. The van der Waals surface area contributed by atoms with E-state index in [1.165, 1.54) is 12.1 Å². The van der Waals surface area contributed by atoms with Crippen LogP contribution in [0.4, 0.5) is 10.1 Å². The fourth-order valence-electron chi connectivity index (χ4n) is 3.34. The summed E-state index contributed by atoms with van der Waals surface area (Å²) in [5.74, 6) is -0.451. The standard InChI is InChI=1S/C20H23FN2O2/c1-14-12-23(13-15(2)25-14)19(16-6-4-3-5-7-16)20(24)22-18-10-8-17(21)9-11-18/h3-11,14-15,19H,12-13H2,1-2H3,(H,22,24)/t14-,15-,19+/m1/s1. The van der Waals surface area contributed by atoms with Gasteiger partial charge >= 0.3 is 0 Å². The van der Waals surface area contributed by atoms with Crippen LogP contribution >= 0.6 is 0 Å². The van der Waals surface area contributed by atoms with E-state index in [-0.39, 0.29) is 23.9 Å². The Morgan fingerprint density at radius 1 is 1.08 bits per heavy atom. The van der Waals surface area contributed by atoms with Crippen LogP contribution in [0.25, 0.3) is 0 Å². The second-order valence-corrected chi connectivity index (χ2v) is 6.52. The van der Waals surface area contributed by atoms with Crippen molar-refractivity contribution in [1.82, 2.24) is 4.90 Å². The van der Waals surface area contributed by atoms with Gasteiger partial charge in [0.25, 0.3) is 0 Å². The fraction of sp³-hybridized carbons (Fsp3) is 0.350. The highest BCUT2D eigenvalue weighted by molar-refractivity contribution is 5.95. The van der Waals surface area contributed by atoms with Crippen LogP contribution in [0, 0.1) is 5.82 Å². The molecule has 1 N–H and O–H groups in total. The molecule has 1 aliphatic heterocycles. The Kier molecular flexibility index (Phi) is 5.46. The van der Waals surface area contributed by atoms with Gasteiger partial charge in [-0.15, -0.1) is 0 Å². The Labute approximate surface area is 147 Å². The molecule has 2 aromatic carbocycles. The number of hydrogen-bond donors (Lipinski definition) is 1. The van der Waals surface area contributed by atoms with Gasteiger partial charge in [0, 0.05) is 18.8 Å². The first-order valence-electron chi connectivity index (χ1n) is 8.54. The van der Waals surface area contributed by atoms with Gasteiger partial charge in [-0.3, -0.25) is 9.69 Å². The lowest BCUT2D eigenvalue weighted by Crippen LogP contribution is -2.49. The molecule has 0 bridgehead atoms. The van der Waals surface area contributed by atoms with Gasteiger partial charge < -0.3 is 10.1 Å². The van der Waals surface area contributed by atoms with Gasteiger partial charge in [-0.1, -0.05) is 30.3 Å². The van der Waals surface area contributed by atoms with Crippen LogP contribution < -0.4 is 5.32 Å². The SMILES string of the molecule is C[C@@H]1CN([C@H](C(=O)Nc2ccc(F)cc2)c2ccccc2)C[C@@H](C)O1. The number of rotatable bonds is 4. The molecule has 0 aliphatic carbocycles. The molecule has 3 atom stereocenters. The number of morpholine rings is 1. The van der Waals surface area contributed by atoms with Gasteiger partial charge in [0.1, 0.15) is 11.9 Å². The molecule has 0 spiro atoms. The summed E-state index contributed by atoms with van der Waals surface area (Å²) >= 11 is 0. The Bertz CT molecular complexity index is 695. The number of anilines is 1. The summed E-state index contributed by atoms with van der Waals surface area (Å²) < 4.78 is 18.9. The minimum atomic E-state index is -0.417. The Hall–Kier alpha value is -2.24. The van der Waals surface area contributed by atoms with Crippen molar-refractivity contribution >= 4 is 11.6 Å². The third-order valence-corrected chi connectivity index (χ3v) is 4.29. The zero-order chi connectivity index (χ0) is 17.8. The largest absolute Gasteiger partial charge is 0.373 e. The third-order valence-electron chi connectivity index (χ3n) is 4.29. The molecule has 5 heteroatoms. The van der Waals surface area contributed by atoms with Crippen molar-refractivity contribution in [2.75, 3.05) is 18.4 Å². The second kappa shape index (κ2) is 7.76. The lowest BCUT2D eigenvalue weighted by molar-refractivity contribution is -0.128. The average Bonchev–Trinajstić information content (AvgIpc) is 2.57. The van der Waals surface area contributed by atoms with E-state index in [4.69, 9.17) is 4.74 Å². The van der Waals surface area contributed by atoms with Crippen LogP contribution in [0.2, 0.25) is 0 Å². The molecule has 0 aromatic heterocycles. The van der Waals surface area contributed by atoms with Gasteiger partial charge in [-0.2, -0.15) is 0 Å². The highest BCUT2D eigenvalue weighted by Gasteiger charge is 2.33. The van der Waals surface area contributed by atoms with Crippen molar-refractivity contribution in [1.29, 1.82) is 0 Å². The molecule has 1 amide bonds. The lowest BCUT2D eigenvalue weighted by atomic mass is 10.0. The predicted molar refractivity (Wildman–Crippen MR) is 95.8 cm³/mol. The maximum Gasteiger partial charge on any atom is 0.246 e. The van der Waals surface area contributed by atoms with Crippen molar-refractivity contribution in [3.05, 3.63) is 66.0 Å². The number of benzene rings is 2. The maximum atomic E-state index is 13.1. The molecular formula is C20H23FN2O2. The number of nitrogens with one attached hydrogen (secondary N) is 1. The molecule has 1 aliphatic rings. The molecular weight excluding hydrogens is 319 g/mol. The monoisotopic (exact) mass is 342 g/mol. The van der Waals surface area contributed by atoms with Crippen LogP contribution in [0.3, 0.4) is 0 Å². The molecule has 0 unspecified atom stereocenters. The van der Waals surface area contributed by atoms with E-state index in [1.54, 1.807) is 12.1 Å². The number of carbonyl (C=O) groups excluding carboxylic acids is 1. The minimum absolute atomic E-state index is 0.0635. The maximum absolute atomic E-state index is 13.1. The predicted octanol–water partition coefficient (Wildman–Crippen LogP) is 3.61. The molecule has 25 heavy (non-hydrogen) atoms. The average molecular weight is 342 g/mol. The summed E-state index contributed by atoms with van der Waals surface area (Å²) in [6.07, 6.45) is 0.127. The summed E-state index contributed by atoms with van der Waals surface area (Å²) in [6.45, 7) is 5.40. The van der Waals surface area contributed by atoms with Gasteiger partial charge in [0.2, 0.25) is 5.91 Å². The molecule has 1 heterocycles. The first-order chi connectivity index (χ1) is 12.0. The molecule has 4 nitrogen and oxygen atoms in total. The van der Waals surface area contributed by atoms with Crippen LogP contribution in [0.5, 0.6) is 0 Å². The number of ether oxygens (including phenoxy) is 1. The number of nitrogens with zero attached hydrogens (tertiary/aromatic N) is 1. The zero-order valence-corrected chi connectivity index (χ0v) is 14.5. The Morgan fingerprint density at radius 3 is 2.28 bits per heavy atom. The van der Waals surface area contributed by atoms with Crippen molar-refractivity contribution in [2.45, 2.75) is 32.1 Å². The van der Waals surface area contributed by atoms with E-state index < -0.39 is 6.04 Å². The van der Waals surface area contributed by atoms with Gasteiger partial charge in [0.05, 0.1) is 12.2 Å². The van der Waals surface area contributed by atoms with Crippen molar-refractivity contribution < 1.29 is 13.9 Å². The van der Waals surface area contributed by atoms with E-state index >= 15 is 0 Å². The molecule has 0 saturated carbocycles. The van der Waals surface area contributed by atoms with Crippen LogP contribution in [0.15, 0.2) is 54.6 Å². The van der Waals surface area contributed by atoms with Crippen LogP contribution in [-0.2, 0) is 9.53 Å². The number of halogens is 1. The minimum Gasteiger partial charge on any atom is -0.373 e. The van der Waals surface area contributed by atoms with Crippen LogP contribution in [-0.4, -0.2) is 36.1 Å². The van der Waals surface area contributed by atoms with E-state index in [1.807, 2.05) is 44.2 Å². The normalized spacial score (nSPS) is 22.4. The highest BCUT2D eigenvalue weighted by atomic mass is 19.1. The molecule has 1 saturated heterocycles. The van der Waals surface area contributed by atoms with Gasteiger partial charge in [0.15, 0.2) is 0 Å². The molecule has 2 aromatic rings. The molecule has 0 radical (unpaired) electrons. The number of amides is 1. The van der Waals surface area contributed by atoms with E-state index in [9.17, 15) is 9.18 Å². The first-order valence-corrected chi connectivity index (χ1v) is 8.54. The summed E-state index contributed by atoms with van der Waals surface area (Å²) in [6, 6.07) is 15.1. The van der Waals surface area contributed by atoms with Gasteiger partial charge in [-0.25, -0.2) is 4.39 Å². The van der Waals surface area contributed by atoms with Crippen LogP contribution in [0.1, 0.15) is 25.5 Å². The second-order valence-electron chi connectivity index (χ2n) is 6.52. The fourth-order valence-corrected chi connectivity index (χ4v) is 3.34. The van der Waals surface area contributed by atoms with Crippen molar-refractivity contribution in [3.63, 3.8) is 0 Å². The topological polar surface area (TPSA) is 41.6 Å². The van der Waals surface area contributed by atoms with E-state index in [0.29, 0.717) is 18.8 Å².